The van der Waals surface area contributed by atoms with Crippen LogP contribution >= 0.6 is 0 Å². The van der Waals surface area contributed by atoms with Crippen molar-refractivity contribution in [1.29, 1.82) is 0 Å². The summed E-state index contributed by atoms with van der Waals surface area (Å²) in [6.07, 6.45) is -0.509. The number of benzene rings is 1. The molecule has 1 aromatic carbocycles. The van der Waals surface area contributed by atoms with Crippen molar-refractivity contribution >= 4 is 0 Å². The molecule has 0 aromatic heterocycles. The van der Waals surface area contributed by atoms with Crippen molar-refractivity contribution in [2.24, 2.45) is 0 Å². The molecule has 0 fully saturated rings. The maximum atomic E-state index is 12.8. The van der Waals surface area contributed by atoms with Crippen LogP contribution in [0.2, 0.25) is 0 Å². The van der Waals surface area contributed by atoms with E-state index in [1.54, 1.807) is 26.0 Å². The lowest BCUT2D eigenvalue weighted by atomic mass is 10.2. The molecule has 0 amide bonds. The molecule has 1 rings (SSSR count). The van der Waals surface area contributed by atoms with E-state index >= 15 is 0 Å². The number of ether oxygens (including phenoxy) is 1. The standard InChI is InChI=1S/C10H13FO2/c1-7-5-9(3-4-10(7)11)13-6-8(2)12/h3-5,8,12H,6H2,1-2H3/t8-/m1/s1. The Balaban J connectivity index is 2.63. The van der Waals surface area contributed by atoms with Crippen molar-refractivity contribution in [2.45, 2.75) is 20.0 Å². The zero-order valence-corrected chi connectivity index (χ0v) is 7.75. The summed E-state index contributed by atoms with van der Waals surface area (Å²) in [7, 11) is 0. The van der Waals surface area contributed by atoms with Crippen LogP contribution in [0.4, 0.5) is 4.39 Å². The van der Waals surface area contributed by atoms with Gasteiger partial charge in [0.2, 0.25) is 0 Å². The zero-order valence-electron chi connectivity index (χ0n) is 7.75. The maximum Gasteiger partial charge on any atom is 0.126 e. The topological polar surface area (TPSA) is 29.5 Å². The number of aliphatic hydroxyl groups excluding tert-OH is 1. The van der Waals surface area contributed by atoms with Crippen LogP contribution in [-0.4, -0.2) is 17.8 Å². The van der Waals surface area contributed by atoms with E-state index in [1.807, 2.05) is 0 Å². The van der Waals surface area contributed by atoms with E-state index in [9.17, 15) is 4.39 Å². The van der Waals surface area contributed by atoms with E-state index in [0.717, 1.165) is 0 Å². The van der Waals surface area contributed by atoms with Gasteiger partial charge in [0, 0.05) is 0 Å². The number of aliphatic hydroxyl groups is 1. The van der Waals surface area contributed by atoms with Crippen LogP contribution in [0.25, 0.3) is 0 Å². The molecule has 0 saturated carbocycles. The molecule has 0 saturated heterocycles. The highest BCUT2D eigenvalue weighted by molar-refractivity contribution is 5.28. The molecule has 13 heavy (non-hydrogen) atoms. The average Bonchev–Trinajstić information content (AvgIpc) is 2.07. The van der Waals surface area contributed by atoms with E-state index in [1.165, 1.54) is 6.07 Å². The van der Waals surface area contributed by atoms with Gasteiger partial charge in [-0.2, -0.15) is 0 Å². The molecular formula is C10H13FO2. The Hall–Kier alpha value is -1.09. The van der Waals surface area contributed by atoms with Crippen LogP contribution < -0.4 is 4.74 Å². The smallest absolute Gasteiger partial charge is 0.126 e. The second kappa shape index (κ2) is 4.23. The molecule has 0 aliphatic rings. The average molecular weight is 184 g/mol. The van der Waals surface area contributed by atoms with Gasteiger partial charge in [0.1, 0.15) is 18.2 Å². The highest BCUT2D eigenvalue weighted by atomic mass is 19.1. The quantitative estimate of drug-likeness (QED) is 0.777. The van der Waals surface area contributed by atoms with E-state index in [0.29, 0.717) is 11.3 Å². The lowest BCUT2D eigenvalue weighted by Crippen LogP contribution is -2.12. The predicted octanol–water partition coefficient (Wildman–Crippen LogP) is 1.89. The van der Waals surface area contributed by atoms with Gasteiger partial charge in [-0.25, -0.2) is 4.39 Å². The highest BCUT2D eigenvalue weighted by Crippen LogP contribution is 2.15. The van der Waals surface area contributed by atoms with Crippen molar-refractivity contribution < 1.29 is 14.2 Å². The summed E-state index contributed by atoms with van der Waals surface area (Å²) in [6, 6.07) is 4.51. The SMILES string of the molecule is Cc1cc(OC[C@@H](C)O)ccc1F. The van der Waals surface area contributed by atoms with Crippen molar-refractivity contribution in [3.63, 3.8) is 0 Å². The van der Waals surface area contributed by atoms with E-state index in [-0.39, 0.29) is 12.4 Å². The van der Waals surface area contributed by atoms with Crippen LogP contribution in [0.15, 0.2) is 18.2 Å². The number of hydrogen-bond acceptors (Lipinski definition) is 2. The van der Waals surface area contributed by atoms with Crippen LogP contribution in [0.3, 0.4) is 0 Å². The van der Waals surface area contributed by atoms with Gasteiger partial charge in [-0.05, 0) is 37.6 Å². The Labute approximate surface area is 77.0 Å². The van der Waals surface area contributed by atoms with Crippen molar-refractivity contribution in [1.82, 2.24) is 0 Å². The Kier molecular flexibility index (Phi) is 3.25. The molecule has 1 N–H and O–H groups in total. The summed E-state index contributed by atoms with van der Waals surface area (Å²) in [5.74, 6) is 0.337. The number of rotatable bonds is 3. The molecular weight excluding hydrogens is 171 g/mol. The van der Waals surface area contributed by atoms with E-state index in [4.69, 9.17) is 9.84 Å². The van der Waals surface area contributed by atoms with E-state index < -0.39 is 6.10 Å². The molecule has 0 heterocycles. The van der Waals surface area contributed by atoms with Gasteiger partial charge in [0.05, 0.1) is 6.10 Å². The predicted molar refractivity (Wildman–Crippen MR) is 48.3 cm³/mol. The minimum atomic E-state index is -0.509. The first-order chi connectivity index (χ1) is 6.09. The summed E-state index contributed by atoms with van der Waals surface area (Å²) in [5.41, 5.74) is 0.545. The Morgan fingerprint density at radius 1 is 1.54 bits per heavy atom. The Morgan fingerprint density at radius 3 is 2.77 bits per heavy atom. The van der Waals surface area contributed by atoms with Crippen LogP contribution in [-0.2, 0) is 0 Å². The molecule has 0 bridgehead atoms. The lowest BCUT2D eigenvalue weighted by Gasteiger charge is -2.08. The monoisotopic (exact) mass is 184 g/mol. The minimum absolute atomic E-state index is 0.227. The third kappa shape index (κ3) is 3.03. The summed E-state index contributed by atoms with van der Waals surface area (Å²) >= 11 is 0. The molecule has 0 spiro atoms. The third-order valence-electron chi connectivity index (χ3n) is 1.62. The van der Waals surface area contributed by atoms with Gasteiger partial charge in [-0.15, -0.1) is 0 Å². The highest BCUT2D eigenvalue weighted by Gasteiger charge is 2.01. The summed E-state index contributed by atoms with van der Waals surface area (Å²) < 4.78 is 18.0. The van der Waals surface area contributed by atoms with Crippen molar-refractivity contribution in [2.75, 3.05) is 6.61 Å². The zero-order chi connectivity index (χ0) is 9.84. The maximum absolute atomic E-state index is 12.8. The first kappa shape index (κ1) is 9.99. The first-order valence-corrected chi connectivity index (χ1v) is 4.16. The van der Waals surface area contributed by atoms with Gasteiger partial charge < -0.3 is 9.84 Å². The van der Waals surface area contributed by atoms with Crippen LogP contribution in [0, 0.1) is 12.7 Å². The molecule has 1 atom stereocenters. The summed E-state index contributed by atoms with van der Waals surface area (Å²) in [5, 5.41) is 8.94. The fourth-order valence-electron chi connectivity index (χ4n) is 0.924. The van der Waals surface area contributed by atoms with Crippen molar-refractivity contribution in [3.8, 4) is 5.75 Å². The molecule has 0 unspecified atom stereocenters. The van der Waals surface area contributed by atoms with Crippen LogP contribution in [0.1, 0.15) is 12.5 Å². The Bertz CT molecular complexity index is 284. The van der Waals surface area contributed by atoms with Gasteiger partial charge in [-0.1, -0.05) is 0 Å². The molecule has 1 aromatic rings. The molecule has 0 aliphatic heterocycles. The van der Waals surface area contributed by atoms with Crippen molar-refractivity contribution in [3.05, 3.63) is 29.6 Å². The molecule has 0 aliphatic carbocycles. The van der Waals surface area contributed by atoms with Gasteiger partial charge >= 0.3 is 0 Å². The van der Waals surface area contributed by atoms with Gasteiger partial charge in [-0.3, -0.25) is 0 Å². The first-order valence-electron chi connectivity index (χ1n) is 4.16. The second-order valence-corrected chi connectivity index (χ2v) is 3.07. The largest absolute Gasteiger partial charge is 0.491 e. The fourth-order valence-corrected chi connectivity index (χ4v) is 0.924. The lowest BCUT2D eigenvalue weighted by molar-refractivity contribution is 0.122. The molecule has 72 valence electrons. The van der Waals surface area contributed by atoms with Gasteiger partial charge in [0.25, 0.3) is 0 Å². The van der Waals surface area contributed by atoms with Gasteiger partial charge in [0.15, 0.2) is 0 Å². The third-order valence-corrected chi connectivity index (χ3v) is 1.62. The minimum Gasteiger partial charge on any atom is -0.491 e. The number of hydrogen-bond donors (Lipinski definition) is 1. The number of aryl methyl sites for hydroxylation is 1. The van der Waals surface area contributed by atoms with Crippen LogP contribution in [0.5, 0.6) is 5.75 Å². The molecule has 0 radical (unpaired) electrons. The normalized spacial score (nSPS) is 12.6. The molecule has 3 heteroatoms. The summed E-state index contributed by atoms with van der Waals surface area (Å²) in [4.78, 5) is 0. The molecule has 2 nitrogen and oxygen atoms in total. The fraction of sp³-hybridized carbons (Fsp3) is 0.400. The van der Waals surface area contributed by atoms with E-state index in [2.05, 4.69) is 0 Å². The summed E-state index contributed by atoms with van der Waals surface area (Å²) in [6.45, 7) is 3.53. The number of halogens is 1. The second-order valence-electron chi connectivity index (χ2n) is 3.07. The Morgan fingerprint density at radius 2 is 2.23 bits per heavy atom.